The highest BCUT2D eigenvalue weighted by Gasteiger charge is 2.09. The lowest BCUT2D eigenvalue weighted by Crippen LogP contribution is -1.93. The summed E-state index contributed by atoms with van der Waals surface area (Å²) in [5.74, 6) is 0.509. The van der Waals surface area contributed by atoms with Crippen molar-refractivity contribution >= 4 is 43.6 Å². The molecule has 4 nitrogen and oxygen atoms in total. The third-order valence-electron chi connectivity index (χ3n) is 1.80. The van der Waals surface area contributed by atoms with Gasteiger partial charge in [0.25, 0.3) is 0 Å². The van der Waals surface area contributed by atoms with Crippen LogP contribution in [0.15, 0.2) is 43.7 Å². The number of ether oxygens (including phenoxy) is 1. The van der Waals surface area contributed by atoms with Crippen molar-refractivity contribution in [3.05, 3.63) is 33.5 Å². The summed E-state index contributed by atoms with van der Waals surface area (Å²) < 4.78 is 6.75. The van der Waals surface area contributed by atoms with Crippen molar-refractivity contribution in [2.45, 2.75) is 10.2 Å². The van der Waals surface area contributed by atoms with Crippen LogP contribution in [-0.4, -0.2) is 22.1 Å². The second-order valence-corrected chi connectivity index (χ2v) is 5.57. The van der Waals surface area contributed by atoms with Gasteiger partial charge in [0.15, 0.2) is 5.16 Å². The van der Waals surface area contributed by atoms with Crippen LogP contribution in [0.25, 0.3) is 0 Å². The Balaban J connectivity index is 2.28. The Morgan fingerprint density at radius 2 is 2.06 bits per heavy atom. The van der Waals surface area contributed by atoms with Crippen LogP contribution in [0, 0.1) is 0 Å². The standard InChI is InChI=1S/C10H7Br2N3OS/c1-16-8-7(12)5-14-10(15-8)17-9-6(11)3-2-4-13-9/h2-5H,1H3. The molecule has 0 fully saturated rings. The minimum absolute atomic E-state index is 0.509. The maximum atomic E-state index is 5.11. The number of hydrogen-bond donors (Lipinski definition) is 0. The van der Waals surface area contributed by atoms with E-state index in [2.05, 4.69) is 46.8 Å². The van der Waals surface area contributed by atoms with Gasteiger partial charge in [0.2, 0.25) is 5.88 Å². The van der Waals surface area contributed by atoms with Crippen molar-refractivity contribution in [3.63, 3.8) is 0 Å². The van der Waals surface area contributed by atoms with Crippen LogP contribution < -0.4 is 4.74 Å². The number of halogens is 2. The molecule has 0 amide bonds. The molecule has 0 spiro atoms. The number of hydrogen-bond acceptors (Lipinski definition) is 5. The van der Waals surface area contributed by atoms with Gasteiger partial charge in [-0.1, -0.05) is 0 Å². The lowest BCUT2D eigenvalue weighted by atomic mass is 10.5. The van der Waals surface area contributed by atoms with Crippen LogP contribution in [0.2, 0.25) is 0 Å². The third kappa shape index (κ3) is 3.17. The number of methoxy groups -OCH3 is 1. The number of nitrogens with zero attached hydrogens (tertiary/aromatic N) is 3. The molecule has 17 heavy (non-hydrogen) atoms. The predicted molar refractivity (Wildman–Crippen MR) is 72.3 cm³/mol. The molecule has 0 unspecified atom stereocenters. The van der Waals surface area contributed by atoms with Gasteiger partial charge in [-0.25, -0.2) is 9.97 Å². The molecule has 2 aromatic heterocycles. The molecule has 0 bridgehead atoms. The largest absolute Gasteiger partial charge is 0.480 e. The molecule has 0 atom stereocenters. The molecule has 7 heteroatoms. The first kappa shape index (κ1) is 12.8. The van der Waals surface area contributed by atoms with Gasteiger partial charge in [-0.2, -0.15) is 4.98 Å². The van der Waals surface area contributed by atoms with Gasteiger partial charge >= 0.3 is 0 Å². The van der Waals surface area contributed by atoms with E-state index in [0.717, 1.165) is 14.0 Å². The van der Waals surface area contributed by atoms with E-state index < -0.39 is 0 Å². The quantitative estimate of drug-likeness (QED) is 0.766. The van der Waals surface area contributed by atoms with E-state index in [4.69, 9.17) is 4.74 Å². The monoisotopic (exact) mass is 375 g/mol. The average molecular weight is 377 g/mol. The molecule has 0 aliphatic carbocycles. The van der Waals surface area contributed by atoms with E-state index in [0.29, 0.717) is 11.0 Å². The highest BCUT2D eigenvalue weighted by molar-refractivity contribution is 9.10. The summed E-state index contributed by atoms with van der Waals surface area (Å²) in [5, 5.41) is 1.40. The molecule has 2 rings (SSSR count). The zero-order valence-electron chi connectivity index (χ0n) is 8.72. The second-order valence-electron chi connectivity index (χ2n) is 2.90. The van der Waals surface area contributed by atoms with Crippen molar-refractivity contribution in [2.75, 3.05) is 7.11 Å². The Hall–Kier alpha value is -0.660. The minimum atomic E-state index is 0.509. The van der Waals surface area contributed by atoms with Gasteiger partial charge < -0.3 is 4.74 Å². The molecular weight excluding hydrogens is 370 g/mol. The number of pyridine rings is 1. The highest BCUT2D eigenvalue weighted by Crippen LogP contribution is 2.31. The Morgan fingerprint density at radius 1 is 1.24 bits per heavy atom. The van der Waals surface area contributed by atoms with Crippen molar-refractivity contribution in [1.82, 2.24) is 15.0 Å². The molecule has 2 aromatic rings. The average Bonchev–Trinajstić information content (AvgIpc) is 2.34. The van der Waals surface area contributed by atoms with Crippen molar-refractivity contribution < 1.29 is 4.74 Å². The topological polar surface area (TPSA) is 47.9 Å². The van der Waals surface area contributed by atoms with Crippen molar-refractivity contribution in [2.24, 2.45) is 0 Å². The Labute approximate surface area is 119 Å². The molecule has 0 N–H and O–H groups in total. The maximum Gasteiger partial charge on any atom is 0.231 e. The lowest BCUT2D eigenvalue weighted by molar-refractivity contribution is 0.389. The molecule has 0 aliphatic heterocycles. The summed E-state index contributed by atoms with van der Waals surface area (Å²) in [4.78, 5) is 12.7. The zero-order chi connectivity index (χ0) is 12.3. The lowest BCUT2D eigenvalue weighted by Gasteiger charge is -2.04. The van der Waals surface area contributed by atoms with Gasteiger partial charge in [0.1, 0.15) is 5.03 Å². The maximum absolute atomic E-state index is 5.11. The first-order chi connectivity index (χ1) is 8.20. The van der Waals surface area contributed by atoms with Gasteiger partial charge in [-0.15, -0.1) is 0 Å². The van der Waals surface area contributed by atoms with E-state index in [9.17, 15) is 0 Å². The summed E-state index contributed by atoms with van der Waals surface area (Å²) >= 11 is 8.10. The van der Waals surface area contributed by atoms with Gasteiger partial charge in [0, 0.05) is 12.4 Å². The highest BCUT2D eigenvalue weighted by atomic mass is 79.9. The molecule has 0 aliphatic rings. The van der Waals surface area contributed by atoms with Crippen molar-refractivity contribution in [3.8, 4) is 5.88 Å². The normalized spacial score (nSPS) is 10.3. The molecule has 0 radical (unpaired) electrons. The Kier molecular flexibility index (Phi) is 4.36. The van der Waals surface area contributed by atoms with Crippen LogP contribution in [0.3, 0.4) is 0 Å². The van der Waals surface area contributed by atoms with Crippen molar-refractivity contribution in [1.29, 1.82) is 0 Å². The van der Waals surface area contributed by atoms with E-state index in [1.165, 1.54) is 11.8 Å². The molecule has 88 valence electrons. The van der Waals surface area contributed by atoms with Crippen LogP contribution in [0.5, 0.6) is 5.88 Å². The molecule has 0 saturated carbocycles. The Morgan fingerprint density at radius 3 is 2.76 bits per heavy atom. The smallest absolute Gasteiger partial charge is 0.231 e. The van der Waals surface area contributed by atoms with Crippen LogP contribution in [-0.2, 0) is 0 Å². The number of aromatic nitrogens is 3. The van der Waals surface area contributed by atoms with E-state index in [-0.39, 0.29) is 0 Å². The third-order valence-corrected chi connectivity index (χ3v) is 4.14. The Bertz CT molecular complexity index is 539. The fraction of sp³-hybridized carbons (Fsp3) is 0.100. The predicted octanol–water partition coefficient (Wildman–Crippen LogP) is 3.56. The van der Waals surface area contributed by atoms with Crippen LogP contribution in [0.1, 0.15) is 0 Å². The summed E-state index contributed by atoms with van der Waals surface area (Å²) in [7, 11) is 1.57. The fourth-order valence-electron chi connectivity index (χ4n) is 1.06. The second kappa shape index (κ2) is 5.79. The van der Waals surface area contributed by atoms with Crippen LogP contribution in [0.4, 0.5) is 0 Å². The first-order valence-electron chi connectivity index (χ1n) is 4.55. The fourth-order valence-corrected chi connectivity index (χ4v) is 2.60. The van der Waals surface area contributed by atoms with E-state index >= 15 is 0 Å². The van der Waals surface area contributed by atoms with Crippen LogP contribution >= 0.6 is 43.6 Å². The summed E-state index contributed by atoms with van der Waals surface area (Å²) in [6.45, 7) is 0. The number of rotatable bonds is 3. The SMILES string of the molecule is COc1nc(Sc2ncccc2Br)ncc1Br. The molecule has 0 aromatic carbocycles. The molecule has 2 heterocycles. The zero-order valence-corrected chi connectivity index (χ0v) is 12.7. The van der Waals surface area contributed by atoms with Gasteiger partial charge in [-0.3, -0.25) is 0 Å². The minimum Gasteiger partial charge on any atom is -0.480 e. The van der Waals surface area contributed by atoms with Gasteiger partial charge in [0.05, 0.1) is 16.1 Å². The summed E-state index contributed by atoms with van der Waals surface area (Å²) in [6.07, 6.45) is 3.38. The molecular formula is C10H7Br2N3OS. The first-order valence-corrected chi connectivity index (χ1v) is 6.96. The van der Waals surface area contributed by atoms with E-state index in [1.54, 1.807) is 19.5 Å². The summed E-state index contributed by atoms with van der Waals surface area (Å²) in [5.41, 5.74) is 0. The van der Waals surface area contributed by atoms with Gasteiger partial charge in [-0.05, 0) is 55.8 Å². The summed E-state index contributed by atoms with van der Waals surface area (Å²) in [6, 6.07) is 3.78. The van der Waals surface area contributed by atoms with E-state index in [1.807, 2.05) is 12.1 Å². The molecule has 0 saturated heterocycles.